The summed E-state index contributed by atoms with van der Waals surface area (Å²) in [7, 11) is 9.96. The van der Waals surface area contributed by atoms with Gasteiger partial charge >= 0.3 is 0 Å². The summed E-state index contributed by atoms with van der Waals surface area (Å²) in [6.45, 7) is 27.4. The Morgan fingerprint density at radius 2 is 0.976 bits per heavy atom. The second-order valence-corrected chi connectivity index (χ2v) is 26.8. The van der Waals surface area contributed by atoms with E-state index in [2.05, 4.69) is 37.2 Å². The van der Waals surface area contributed by atoms with Gasteiger partial charge in [-0.1, -0.05) is 113 Å². The number of nitrogens with zero attached hydrogens (tertiary/aromatic N) is 7. The molecule has 0 aliphatic carbocycles. The second kappa shape index (κ2) is 34.2. The molecular weight excluding hydrogens is 1150 g/mol. The van der Waals surface area contributed by atoms with Crippen molar-refractivity contribution < 1.29 is 57.8 Å². The molecule has 0 aromatic heterocycles. The smallest absolute Gasteiger partial charge is 0.246 e. The monoisotopic (exact) mass is 1250 g/mol. The number of aldehydes is 1. The van der Waals surface area contributed by atoms with Gasteiger partial charge < -0.3 is 65.5 Å². The molecule has 0 aromatic carbocycles. The lowest BCUT2D eigenvalue weighted by molar-refractivity contribution is -0.157. The van der Waals surface area contributed by atoms with Crippen LogP contribution in [0.2, 0.25) is 0 Å². The van der Waals surface area contributed by atoms with Gasteiger partial charge in [0, 0.05) is 61.2 Å². The number of carbonyl (C=O) groups excluding carboxylic acids is 11. The molecule has 12 atom stereocenters. The van der Waals surface area contributed by atoms with Crippen LogP contribution in [0.5, 0.6) is 0 Å². The van der Waals surface area contributed by atoms with Gasteiger partial charge in [0.05, 0.1) is 18.7 Å². The van der Waals surface area contributed by atoms with Crippen LogP contribution in [-0.2, 0) is 52.7 Å². The van der Waals surface area contributed by atoms with Gasteiger partial charge in [-0.15, -0.1) is 0 Å². The van der Waals surface area contributed by atoms with E-state index < -0.39 is 149 Å². The highest BCUT2D eigenvalue weighted by Crippen LogP contribution is 2.25. The van der Waals surface area contributed by atoms with Gasteiger partial charge in [-0.3, -0.25) is 47.9 Å². The molecule has 1 fully saturated rings. The predicted octanol–water partition coefficient (Wildman–Crippen LogP) is 2.74. The van der Waals surface area contributed by atoms with Crippen molar-refractivity contribution >= 4 is 81.3 Å². The largest absolute Gasteiger partial charge is 0.390 e. The zero-order chi connectivity index (χ0) is 65.3. The third-order valence-electron chi connectivity index (χ3n) is 15.9. The Kier molecular flexibility index (Phi) is 31.3. The molecule has 1 rings (SSSR count). The van der Waals surface area contributed by atoms with Gasteiger partial charge in [0.15, 0.2) is 0 Å². The van der Waals surface area contributed by atoms with Gasteiger partial charge in [0.1, 0.15) is 60.2 Å². The minimum Gasteiger partial charge on any atom is -0.390 e. The van der Waals surface area contributed by atoms with Gasteiger partial charge in [-0.25, -0.2) is 0 Å². The molecule has 0 aromatic rings. The van der Waals surface area contributed by atoms with E-state index in [0.29, 0.717) is 6.29 Å². The predicted molar refractivity (Wildman–Crippen MR) is 328 cm³/mol. The summed E-state index contributed by atoms with van der Waals surface area (Å²) in [5, 5.41) is 23.5. The van der Waals surface area contributed by atoms with Crippen molar-refractivity contribution in [3.05, 3.63) is 0 Å². The summed E-state index contributed by atoms with van der Waals surface area (Å²) < 4.78 is 0. The highest BCUT2D eigenvalue weighted by atomic mass is 79.9. The number of alkyl halides is 1. The van der Waals surface area contributed by atoms with Crippen molar-refractivity contribution in [3.8, 4) is 0 Å². The molecule has 5 N–H and O–H groups in total. The zero-order valence-corrected chi connectivity index (χ0v) is 56.6. The number of aliphatic hydroxyl groups excluding tert-OH is 1. The number of halogens is 1. The van der Waals surface area contributed by atoms with E-state index in [1.165, 1.54) is 80.8 Å². The Morgan fingerprint density at radius 1 is 0.548 bits per heavy atom. The standard InChI is InChI=1S/C60H108BrN11O12/c1-24-41-55(80)66(17)30-46(74)67(18)42(25-33(2)3)51(76)64-47(37(10)11)58(83)68(19)43(26-34(4)5)52(77)65-60(16,32-73)31-62-40(15)54(79)69(20)44(27-35(6)7)56(81)70(21)45(28-36(8)9)57(82)71(22)48(38(12)13)59(84)72(23)49(53(78)63-41)50(75)39(14)29-61/h32-45,47-50,62,75H,24-31H2,1-23H3,(H,63,78)(H,64,76)(H,65,77)/t39-,40-,41+,42+,43+,44+,45+,47+,48+,49+,50-,60+/m1/s1. The first-order chi connectivity index (χ1) is 38.7. The van der Waals surface area contributed by atoms with E-state index in [-0.39, 0.29) is 67.7 Å². The van der Waals surface area contributed by atoms with Crippen molar-refractivity contribution in [1.29, 1.82) is 0 Å². The first-order valence-electron chi connectivity index (χ1n) is 29.9. The lowest BCUT2D eigenvalue weighted by atomic mass is 9.93. The van der Waals surface area contributed by atoms with Crippen LogP contribution in [0.4, 0.5) is 0 Å². The van der Waals surface area contributed by atoms with Crippen LogP contribution in [0.15, 0.2) is 0 Å². The van der Waals surface area contributed by atoms with Gasteiger partial charge in [-0.05, 0) is 87.4 Å². The van der Waals surface area contributed by atoms with E-state index in [0.717, 1.165) is 9.80 Å². The molecule has 1 aliphatic heterocycles. The summed E-state index contributed by atoms with van der Waals surface area (Å²) in [6.07, 6.45) is -0.294. The number of aliphatic hydroxyl groups is 1. The molecule has 0 spiro atoms. The topological polar surface area (TPSA) is 279 Å². The summed E-state index contributed by atoms with van der Waals surface area (Å²) in [6, 6.07) is -10.8. The number of hydrogen-bond donors (Lipinski definition) is 5. The molecule has 1 heterocycles. The maximum atomic E-state index is 15.1. The van der Waals surface area contributed by atoms with Crippen molar-refractivity contribution in [3.63, 3.8) is 0 Å². The van der Waals surface area contributed by atoms with E-state index >= 15 is 9.59 Å². The molecular formula is C60H108BrN11O12. The molecule has 84 heavy (non-hydrogen) atoms. The molecule has 1 aliphatic rings. The number of hydrogen-bond acceptors (Lipinski definition) is 13. The fourth-order valence-electron chi connectivity index (χ4n) is 10.4. The van der Waals surface area contributed by atoms with E-state index in [4.69, 9.17) is 0 Å². The number of likely N-dealkylation sites (N-methyl/N-ethyl adjacent to an activating group) is 7. The molecule has 0 radical (unpaired) electrons. The first-order valence-corrected chi connectivity index (χ1v) is 31.0. The quantitative estimate of drug-likeness (QED) is 0.117. The minimum atomic E-state index is -1.63. The molecule has 24 heteroatoms. The Hall–Kier alpha value is -5.23. The SMILES string of the molecule is CC[C@@H]1NC(=O)[C@H]([C@H](O)[C@H](C)CBr)N(C)C(=O)[C@H](C(C)C)N(C)C(=O)[C@H](CC(C)C)N(C)C(=O)[C@H](CC(C)C)N(C)C(=O)[C@@H](C)NC[C@@](C)(C=O)NC(=O)[C@H](CC(C)C)N(C)C(=O)[C@H](C(C)C)NC(=O)[C@H](CC(C)C)N(C)C(=O)CN(C)C1=O. The number of amides is 10. The lowest BCUT2D eigenvalue weighted by Gasteiger charge is -2.41. The van der Waals surface area contributed by atoms with Crippen molar-refractivity contribution in [1.82, 2.24) is 55.6 Å². The Bertz CT molecular complexity index is 2270. The maximum Gasteiger partial charge on any atom is 0.246 e. The summed E-state index contributed by atoms with van der Waals surface area (Å²) in [4.78, 5) is 168. The maximum absolute atomic E-state index is 15.1. The molecule has 0 saturated carbocycles. The van der Waals surface area contributed by atoms with E-state index in [1.807, 2.05) is 55.4 Å². The van der Waals surface area contributed by atoms with Crippen LogP contribution in [0.25, 0.3) is 0 Å². The van der Waals surface area contributed by atoms with Crippen molar-refractivity contribution in [2.75, 3.05) is 67.8 Å². The van der Waals surface area contributed by atoms with Crippen LogP contribution in [0.3, 0.4) is 0 Å². The lowest BCUT2D eigenvalue weighted by Crippen LogP contribution is -2.63. The first kappa shape index (κ1) is 76.8. The van der Waals surface area contributed by atoms with Gasteiger partial charge in [-0.2, -0.15) is 0 Å². The van der Waals surface area contributed by atoms with Crippen LogP contribution in [0.1, 0.15) is 143 Å². The fraction of sp³-hybridized carbons (Fsp3) is 0.817. The normalized spacial score (nSPS) is 27.9. The Balaban J connectivity index is 4.31. The van der Waals surface area contributed by atoms with Crippen LogP contribution >= 0.6 is 15.9 Å². The molecule has 23 nitrogen and oxygen atoms in total. The molecule has 0 unspecified atom stereocenters. The molecule has 1 saturated heterocycles. The van der Waals surface area contributed by atoms with Crippen molar-refractivity contribution in [2.45, 2.75) is 209 Å². The average molecular weight is 1260 g/mol. The molecule has 0 bridgehead atoms. The highest BCUT2D eigenvalue weighted by molar-refractivity contribution is 9.09. The highest BCUT2D eigenvalue weighted by Gasteiger charge is 2.46. The third-order valence-corrected chi connectivity index (χ3v) is 16.9. The Morgan fingerprint density at radius 3 is 1.40 bits per heavy atom. The fourth-order valence-corrected chi connectivity index (χ4v) is 10.8. The zero-order valence-electron chi connectivity index (χ0n) is 55.0. The Labute approximate surface area is 510 Å². The number of nitrogens with one attached hydrogen (secondary N) is 4. The van der Waals surface area contributed by atoms with Crippen molar-refractivity contribution in [2.24, 2.45) is 41.4 Å². The number of rotatable bonds is 15. The molecule has 482 valence electrons. The average Bonchev–Trinajstić information content (AvgIpc) is 2.99. The van der Waals surface area contributed by atoms with Gasteiger partial charge in [0.2, 0.25) is 59.1 Å². The van der Waals surface area contributed by atoms with Gasteiger partial charge in [0.25, 0.3) is 0 Å². The van der Waals surface area contributed by atoms with E-state index in [1.54, 1.807) is 48.5 Å². The van der Waals surface area contributed by atoms with Crippen LogP contribution in [0, 0.1) is 41.4 Å². The van der Waals surface area contributed by atoms with E-state index in [9.17, 15) is 48.3 Å². The minimum absolute atomic E-state index is 0.0220. The summed E-state index contributed by atoms with van der Waals surface area (Å²) >= 11 is 3.39. The summed E-state index contributed by atoms with van der Waals surface area (Å²) in [5.41, 5.74) is -1.63. The summed E-state index contributed by atoms with van der Waals surface area (Å²) in [5.74, 6) is -8.83. The van der Waals surface area contributed by atoms with Crippen LogP contribution in [-0.4, -0.2) is 239 Å². The second-order valence-electron chi connectivity index (χ2n) is 26.1. The van der Waals surface area contributed by atoms with Crippen LogP contribution < -0.4 is 21.3 Å². The third kappa shape index (κ3) is 21.0. The number of carbonyl (C=O) groups is 11. The molecule has 10 amide bonds.